The van der Waals surface area contributed by atoms with Crippen molar-refractivity contribution >= 4 is 17.1 Å². The molecule has 0 amide bonds. The number of hydrogen-bond donors (Lipinski definition) is 1. The van der Waals surface area contributed by atoms with Crippen molar-refractivity contribution in [3.05, 3.63) is 29.7 Å². The second kappa shape index (κ2) is 4.55. The zero-order chi connectivity index (χ0) is 12.4. The standard InChI is InChI=1S/C12H14N2O3/c1-7-14-10-4-3-8(5-11(10)17-7)9(13)6-12(15)16-2/h3-5,9H,6,13H2,1-2H3. The van der Waals surface area contributed by atoms with Crippen molar-refractivity contribution in [3.8, 4) is 0 Å². The number of hydrogen-bond acceptors (Lipinski definition) is 5. The predicted molar refractivity (Wildman–Crippen MR) is 62.3 cm³/mol. The number of carbonyl (C=O) groups is 1. The normalized spacial score (nSPS) is 12.6. The molecule has 1 aromatic heterocycles. The van der Waals surface area contributed by atoms with E-state index in [9.17, 15) is 4.79 Å². The van der Waals surface area contributed by atoms with E-state index in [0.717, 1.165) is 11.1 Å². The molecule has 0 bridgehead atoms. The van der Waals surface area contributed by atoms with Gasteiger partial charge in [0, 0.05) is 13.0 Å². The molecule has 5 heteroatoms. The first-order valence-electron chi connectivity index (χ1n) is 5.29. The maximum atomic E-state index is 11.1. The summed E-state index contributed by atoms with van der Waals surface area (Å²) >= 11 is 0. The van der Waals surface area contributed by atoms with Crippen LogP contribution >= 0.6 is 0 Å². The van der Waals surface area contributed by atoms with Crippen molar-refractivity contribution in [2.75, 3.05) is 7.11 Å². The third kappa shape index (κ3) is 2.45. The molecule has 1 unspecified atom stereocenters. The summed E-state index contributed by atoms with van der Waals surface area (Å²) in [5, 5.41) is 0. The Kier molecular flexibility index (Phi) is 3.10. The highest BCUT2D eigenvalue weighted by molar-refractivity contribution is 5.74. The second-order valence-corrected chi connectivity index (χ2v) is 3.85. The molecule has 1 atom stereocenters. The SMILES string of the molecule is COC(=O)CC(N)c1ccc2nc(C)oc2c1. The van der Waals surface area contributed by atoms with Crippen molar-refractivity contribution in [3.63, 3.8) is 0 Å². The van der Waals surface area contributed by atoms with Gasteiger partial charge in [-0.1, -0.05) is 6.07 Å². The Balaban J connectivity index is 2.26. The van der Waals surface area contributed by atoms with E-state index in [0.29, 0.717) is 11.5 Å². The fraction of sp³-hybridized carbons (Fsp3) is 0.333. The monoisotopic (exact) mass is 234 g/mol. The van der Waals surface area contributed by atoms with Crippen LogP contribution in [-0.2, 0) is 9.53 Å². The molecule has 0 radical (unpaired) electrons. The zero-order valence-electron chi connectivity index (χ0n) is 9.77. The fourth-order valence-electron chi connectivity index (χ4n) is 1.67. The quantitative estimate of drug-likeness (QED) is 0.818. The van der Waals surface area contributed by atoms with Crippen LogP contribution in [0.5, 0.6) is 0 Å². The number of oxazole rings is 1. The Morgan fingerprint density at radius 3 is 3.06 bits per heavy atom. The van der Waals surface area contributed by atoms with Gasteiger partial charge < -0.3 is 14.9 Å². The van der Waals surface area contributed by atoms with Crippen molar-refractivity contribution in [1.29, 1.82) is 0 Å². The number of rotatable bonds is 3. The third-order valence-corrected chi connectivity index (χ3v) is 2.56. The van der Waals surface area contributed by atoms with Gasteiger partial charge in [-0.25, -0.2) is 4.98 Å². The number of aromatic nitrogens is 1. The third-order valence-electron chi connectivity index (χ3n) is 2.56. The van der Waals surface area contributed by atoms with E-state index < -0.39 is 6.04 Å². The van der Waals surface area contributed by atoms with Crippen LogP contribution in [0.15, 0.2) is 22.6 Å². The fourth-order valence-corrected chi connectivity index (χ4v) is 1.67. The summed E-state index contributed by atoms with van der Waals surface area (Å²) < 4.78 is 9.99. The maximum absolute atomic E-state index is 11.1. The Morgan fingerprint density at radius 1 is 1.59 bits per heavy atom. The van der Waals surface area contributed by atoms with Crippen LogP contribution in [0.2, 0.25) is 0 Å². The lowest BCUT2D eigenvalue weighted by Crippen LogP contribution is -2.16. The smallest absolute Gasteiger partial charge is 0.307 e. The average molecular weight is 234 g/mol. The molecule has 2 N–H and O–H groups in total. The molecule has 0 aliphatic heterocycles. The van der Waals surface area contributed by atoms with Gasteiger partial charge >= 0.3 is 5.97 Å². The van der Waals surface area contributed by atoms with E-state index in [1.165, 1.54) is 7.11 Å². The molecular formula is C12H14N2O3. The number of benzene rings is 1. The number of methoxy groups -OCH3 is 1. The molecule has 1 aromatic carbocycles. The van der Waals surface area contributed by atoms with Crippen LogP contribution in [0.3, 0.4) is 0 Å². The molecule has 0 saturated carbocycles. The minimum absolute atomic E-state index is 0.148. The Morgan fingerprint density at radius 2 is 2.35 bits per heavy atom. The summed E-state index contributed by atoms with van der Waals surface area (Å²) in [5.41, 5.74) is 8.21. The molecule has 0 spiro atoms. The van der Waals surface area contributed by atoms with E-state index in [-0.39, 0.29) is 12.4 Å². The van der Waals surface area contributed by atoms with Crippen LogP contribution in [0, 0.1) is 6.92 Å². The molecule has 90 valence electrons. The van der Waals surface area contributed by atoms with Crippen molar-refractivity contribution in [2.45, 2.75) is 19.4 Å². The van der Waals surface area contributed by atoms with Crippen LogP contribution in [0.4, 0.5) is 0 Å². The van der Waals surface area contributed by atoms with E-state index >= 15 is 0 Å². The minimum Gasteiger partial charge on any atom is -0.469 e. The molecule has 17 heavy (non-hydrogen) atoms. The lowest BCUT2D eigenvalue weighted by molar-refractivity contribution is -0.141. The molecule has 0 aliphatic carbocycles. The summed E-state index contributed by atoms with van der Waals surface area (Å²) in [6.07, 6.45) is 0.148. The number of carbonyl (C=O) groups excluding carboxylic acids is 1. The van der Waals surface area contributed by atoms with Gasteiger partial charge in [0.05, 0.1) is 13.5 Å². The van der Waals surface area contributed by atoms with Gasteiger partial charge in [0.1, 0.15) is 5.52 Å². The molecular weight excluding hydrogens is 220 g/mol. The van der Waals surface area contributed by atoms with E-state index in [1.807, 2.05) is 18.2 Å². The van der Waals surface area contributed by atoms with Gasteiger partial charge in [-0.15, -0.1) is 0 Å². The first-order chi connectivity index (χ1) is 8.10. The summed E-state index contributed by atoms with van der Waals surface area (Å²) in [5.74, 6) is 0.282. The zero-order valence-corrected chi connectivity index (χ0v) is 9.77. The van der Waals surface area contributed by atoms with Crippen molar-refractivity contribution < 1.29 is 13.9 Å². The molecule has 0 saturated heterocycles. The number of esters is 1. The first-order valence-corrected chi connectivity index (χ1v) is 5.29. The number of fused-ring (bicyclic) bond motifs is 1. The molecule has 0 aliphatic rings. The van der Waals surface area contributed by atoms with Gasteiger partial charge in [0.15, 0.2) is 11.5 Å². The largest absolute Gasteiger partial charge is 0.469 e. The van der Waals surface area contributed by atoms with Gasteiger partial charge in [-0.3, -0.25) is 4.79 Å². The highest BCUT2D eigenvalue weighted by Gasteiger charge is 2.13. The summed E-state index contributed by atoms with van der Waals surface area (Å²) in [6.45, 7) is 1.79. The lowest BCUT2D eigenvalue weighted by atomic mass is 10.0. The van der Waals surface area contributed by atoms with Gasteiger partial charge in [-0.05, 0) is 17.7 Å². The van der Waals surface area contributed by atoms with Gasteiger partial charge in [-0.2, -0.15) is 0 Å². The summed E-state index contributed by atoms with van der Waals surface area (Å²) in [7, 11) is 1.35. The Hall–Kier alpha value is -1.88. The Bertz CT molecular complexity index is 548. The van der Waals surface area contributed by atoms with Gasteiger partial charge in [0.2, 0.25) is 0 Å². The van der Waals surface area contributed by atoms with Crippen molar-refractivity contribution in [2.24, 2.45) is 5.73 Å². The molecule has 5 nitrogen and oxygen atoms in total. The number of nitrogens with two attached hydrogens (primary N) is 1. The van der Waals surface area contributed by atoms with Crippen molar-refractivity contribution in [1.82, 2.24) is 4.98 Å². The highest BCUT2D eigenvalue weighted by atomic mass is 16.5. The predicted octanol–water partition coefficient (Wildman–Crippen LogP) is 1.70. The maximum Gasteiger partial charge on any atom is 0.307 e. The lowest BCUT2D eigenvalue weighted by Gasteiger charge is -2.09. The number of aryl methyl sites for hydroxylation is 1. The number of nitrogens with zero attached hydrogens (tertiary/aromatic N) is 1. The minimum atomic E-state index is -0.391. The second-order valence-electron chi connectivity index (χ2n) is 3.85. The highest BCUT2D eigenvalue weighted by Crippen LogP contribution is 2.21. The topological polar surface area (TPSA) is 78.4 Å². The molecule has 2 rings (SSSR count). The summed E-state index contributed by atoms with van der Waals surface area (Å²) in [6, 6.07) is 5.09. The van der Waals surface area contributed by atoms with E-state index in [4.69, 9.17) is 10.2 Å². The van der Waals surface area contributed by atoms with Gasteiger partial charge in [0.25, 0.3) is 0 Å². The molecule has 1 heterocycles. The van der Waals surface area contributed by atoms with Crippen LogP contribution in [0.25, 0.3) is 11.1 Å². The van der Waals surface area contributed by atoms with Crippen LogP contribution < -0.4 is 5.73 Å². The number of ether oxygens (including phenoxy) is 1. The average Bonchev–Trinajstić information content (AvgIpc) is 2.67. The Labute approximate surface area is 98.6 Å². The molecule has 0 fully saturated rings. The first kappa shape index (κ1) is 11.6. The summed E-state index contributed by atoms with van der Waals surface area (Å²) in [4.78, 5) is 15.3. The van der Waals surface area contributed by atoms with E-state index in [2.05, 4.69) is 9.72 Å². The van der Waals surface area contributed by atoms with Crippen LogP contribution in [0.1, 0.15) is 23.9 Å². The van der Waals surface area contributed by atoms with E-state index in [1.54, 1.807) is 6.92 Å². The van der Waals surface area contributed by atoms with Crippen LogP contribution in [-0.4, -0.2) is 18.1 Å². The molecule has 2 aromatic rings.